The quantitative estimate of drug-likeness (QED) is 0.270. The van der Waals surface area contributed by atoms with E-state index < -0.39 is 6.04 Å². The first-order valence-corrected chi connectivity index (χ1v) is 13.0. The zero-order valence-electron chi connectivity index (χ0n) is 19.4. The van der Waals surface area contributed by atoms with Crippen molar-refractivity contribution >= 4 is 34.5 Å². The Kier molecular flexibility index (Phi) is 8.90. The number of aromatic nitrogens is 1. The molecule has 3 N–H and O–H groups in total. The maximum Gasteiger partial charge on any atom is 0.243 e. The summed E-state index contributed by atoms with van der Waals surface area (Å²) in [5.41, 5.74) is 9.47. The van der Waals surface area contributed by atoms with E-state index in [0.717, 1.165) is 40.2 Å². The van der Waals surface area contributed by atoms with Gasteiger partial charge in [0.05, 0.1) is 11.4 Å². The van der Waals surface area contributed by atoms with Crippen molar-refractivity contribution in [3.8, 4) is 11.3 Å². The Bertz CT molecular complexity index is 1280. The van der Waals surface area contributed by atoms with Crippen LogP contribution in [0.25, 0.3) is 11.3 Å². The lowest BCUT2D eigenvalue weighted by Gasteiger charge is -2.22. The smallest absolute Gasteiger partial charge is 0.243 e. The summed E-state index contributed by atoms with van der Waals surface area (Å²) in [4.78, 5) is 19.3. The molecule has 0 fully saturated rings. The molecule has 0 aliphatic heterocycles. The minimum Gasteiger partial charge on any atom is -0.354 e. The second-order valence-corrected chi connectivity index (χ2v) is 9.49. The zero-order valence-corrected chi connectivity index (χ0v) is 21.0. The van der Waals surface area contributed by atoms with E-state index in [2.05, 4.69) is 27.4 Å². The van der Waals surface area contributed by atoms with E-state index in [1.165, 1.54) is 11.3 Å². The highest BCUT2D eigenvalue weighted by molar-refractivity contribution is 7.07. The Balaban J connectivity index is 1.82. The molecule has 3 aromatic carbocycles. The number of hydrogen-bond donors (Lipinski definition) is 2. The maximum absolute atomic E-state index is 13.6. The fourth-order valence-electron chi connectivity index (χ4n) is 3.88. The first kappa shape index (κ1) is 24.9. The van der Waals surface area contributed by atoms with Crippen molar-refractivity contribution < 1.29 is 4.79 Å². The van der Waals surface area contributed by atoms with Gasteiger partial charge < -0.3 is 15.6 Å². The van der Waals surface area contributed by atoms with Crippen LogP contribution in [0.5, 0.6) is 0 Å². The summed E-state index contributed by atoms with van der Waals surface area (Å²) in [6.45, 7) is 1.21. The minimum atomic E-state index is -0.477. The summed E-state index contributed by atoms with van der Waals surface area (Å²) in [6, 6.07) is 27.1. The Hall–Kier alpha value is -3.19. The molecule has 0 spiro atoms. The number of nitrogens with one attached hydrogen (secondary N) is 1. The van der Waals surface area contributed by atoms with Crippen molar-refractivity contribution in [3.05, 3.63) is 106 Å². The van der Waals surface area contributed by atoms with Crippen LogP contribution in [-0.4, -0.2) is 23.6 Å². The van der Waals surface area contributed by atoms with Crippen LogP contribution in [0.3, 0.4) is 0 Å². The Morgan fingerprint density at radius 1 is 0.971 bits per heavy atom. The summed E-state index contributed by atoms with van der Waals surface area (Å²) >= 11 is 7.68. The second kappa shape index (κ2) is 12.5. The van der Waals surface area contributed by atoms with Crippen molar-refractivity contribution in [1.29, 1.82) is 0 Å². The molecule has 1 amide bonds. The van der Waals surface area contributed by atoms with E-state index in [1.54, 1.807) is 0 Å². The summed E-state index contributed by atoms with van der Waals surface area (Å²) in [5, 5.41) is 5.86. The molecule has 0 saturated carbocycles. The van der Waals surface area contributed by atoms with Gasteiger partial charge in [-0.05, 0) is 54.8 Å². The standard InChI is InChI=1S/C28H29ClN4OS/c29-23-15-13-22(14-16-23)26-20-35-28(32-24-11-5-2-6-12-24)33(26)25(19-21-9-3-1-4-10-21)27(34)31-18-8-7-17-30/h1-6,9-16,20,25H,7-8,17-19,30H2,(H,31,34)/t25-/m1/s1. The number of thiazole rings is 1. The van der Waals surface area contributed by atoms with Gasteiger partial charge >= 0.3 is 0 Å². The van der Waals surface area contributed by atoms with Crippen LogP contribution < -0.4 is 15.9 Å². The molecule has 0 aliphatic rings. The number of amides is 1. The number of hydrogen-bond acceptors (Lipinski definition) is 4. The first-order valence-electron chi connectivity index (χ1n) is 11.7. The molecule has 0 unspecified atom stereocenters. The average molecular weight is 505 g/mol. The molecule has 1 atom stereocenters. The van der Waals surface area contributed by atoms with Crippen molar-refractivity contribution in [2.75, 3.05) is 13.1 Å². The number of carbonyl (C=O) groups excluding carboxylic acids is 1. The molecule has 1 heterocycles. The van der Waals surface area contributed by atoms with Gasteiger partial charge in [-0.15, -0.1) is 11.3 Å². The predicted octanol–water partition coefficient (Wildman–Crippen LogP) is 5.74. The monoisotopic (exact) mass is 504 g/mol. The van der Waals surface area contributed by atoms with Crippen molar-refractivity contribution in [2.24, 2.45) is 10.7 Å². The highest BCUT2D eigenvalue weighted by atomic mass is 35.5. The SMILES string of the molecule is NCCCCNC(=O)[C@@H](Cc1ccccc1)n1c(-c2ccc(Cl)cc2)csc1=Nc1ccccc1. The second-order valence-electron chi connectivity index (χ2n) is 8.22. The van der Waals surface area contributed by atoms with E-state index >= 15 is 0 Å². The number of carbonyl (C=O) groups is 1. The van der Waals surface area contributed by atoms with Crippen LogP contribution >= 0.6 is 22.9 Å². The van der Waals surface area contributed by atoms with Gasteiger partial charge in [0.1, 0.15) is 6.04 Å². The van der Waals surface area contributed by atoms with E-state index in [1.807, 2.05) is 72.8 Å². The summed E-state index contributed by atoms with van der Waals surface area (Å²) in [6.07, 6.45) is 2.27. The van der Waals surface area contributed by atoms with Gasteiger partial charge in [-0.1, -0.05) is 72.3 Å². The van der Waals surface area contributed by atoms with Gasteiger partial charge in [-0.2, -0.15) is 0 Å². The molecule has 1 aromatic heterocycles. The zero-order chi connectivity index (χ0) is 24.5. The van der Waals surface area contributed by atoms with Crippen molar-refractivity contribution in [1.82, 2.24) is 9.88 Å². The molecular weight excluding hydrogens is 476 g/mol. The predicted molar refractivity (Wildman–Crippen MR) is 145 cm³/mol. The molecule has 4 aromatic rings. The number of nitrogens with zero attached hydrogens (tertiary/aromatic N) is 2. The molecule has 35 heavy (non-hydrogen) atoms. The lowest BCUT2D eigenvalue weighted by Crippen LogP contribution is -2.38. The molecule has 0 saturated heterocycles. The van der Waals surface area contributed by atoms with Gasteiger partial charge in [0.15, 0.2) is 4.80 Å². The summed E-state index contributed by atoms with van der Waals surface area (Å²) < 4.78 is 2.06. The Morgan fingerprint density at radius 2 is 1.66 bits per heavy atom. The number of nitrogens with two attached hydrogens (primary N) is 1. The van der Waals surface area contributed by atoms with Crippen LogP contribution in [0.4, 0.5) is 5.69 Å². The van der Waals surface area contributed by atoms with Crippen LogP contribution in [0.15, 0.2) is 95.3 Å². The first-order chi connectivity index (χ1) is 17.2. The van der Waals surface area contributed by atoms with Gasteiger partial charge in [0.2, 0.25) is 5.91 Å². The molecule has 180 valence electrons. The minimum absolute atomic E-state index is 0.0333. The van der Waals surface area contributed by atoms with Gasteiger partial charge in [0.25, 0.3) is 0 Å². The molecule has 0 radical (unpaired) electrons. The van der Waals surface area contributed by atoms with Gasteiger partial charge in [0, 0.05) is 23.4 Å². The summed E-state index contributed by atoms with van der Waals surface area (Å²) in [5.74, 6) is -0.0333. The molecule has 5 nitrogen and oxygen atoms in total. The number of benzene rings is 3. The fraction of sp³-hybridized carbons (Fsp3) is 0.214. The summed E-state index contributed by atoms with van der Waals surface area (Å²) in [7, 11) is 0. The molecular formula is C28H29ClN4OS. The highest BCUT2D eigenvalue weighted by Gasteiger charge is 2.25. The van der Waals surface area contributed by atoms with E-state index in [4.69, 9.17) is 22.3 Å². The third kappa shape index (κ3) is 6.69. The lowest BCUT2D eigenvalue weighted by atomic mass is 10.0. The molecule has 7 heteroatoms. The number of rotatable bonds is 10. The Morgan fingerprint density at radius 3 is 2.34 bits per heavy atom. The number of unbranched alkanes of at least 4 members (excludes halogenated alkanes) is 1. The highest BCUT2D eigenvalue weighted by Crippen LogP contribution is 2.27. The van der Waals surface area contributed by atoms with Gasteiger partial charge in [-0.3, -0.25) is 4.79 Å². The molecule has 0 bridgehead atoms. The van der Waals surface area contributed by atoms with Crippen LogP contribution in [0.1, 0.15) is 24.4 Å². The Labute approximate surface area is 214 Å². The third-order valence-electron chi connectivity index (χ3n) is 5.68. The molecule has 0 aliphatic carbocycles. The van der Waals surface area contributed by atoms with Crippen LogP contribution in [0, 0.1) is 0 Å². The van der Waals surface area contributed by atoms with Crippen molar-refractivity contribution in [2.45, 2.75) is 25.3 Å². The van der Waals surface area contributed by atoms with Gasteiger partial charge in [-0.25, -0.2) is 4.99 Å². The van der Waals surface area contributed by atoms with Crippen LogP contribution in [-0.2, 0) is 11.2 Å². The third-order valence-corrected chi connectivity index (χ3v) is 6.77. The number of halogens is 1. The van der Waals surface area contributed by atoms with E-state index in [0.29, 0.717) is 24.5 Å². The van der Waals surface area contributed by atoms with E-state index in [9.17, 15) is 4.79 Å². The van der Waals surface area contributed by atoms with Crippen LogP contribution in [0.2, 0.25) is 5.02 Å². The van der Waals surface area contributed by atoms with Crippen molar-refractivity contribution in [3.63, 3.8) is 0 Å². The maximum atomic E-state index is 13.6. The number of para-hydroxylation sites is 1. The van der Waals surface area contributed by atoms with E-state index in [-0.39, 0.29) is 5.91 Å². The largest absolute Gasteiger partial charge is 0.354 e. The lowest BCUT2D eigenvalue weighted by molar-refractivity contribution is -0.124. The topological polar surface area (TPSA) is 72.4 Å². The molecule has 4 rings (SSSR count). The normalized spacial score (nSPS) is 12.5. The average Bonchev–Trinajstić information content (AvgIpc) is 3.29. The fourth-order valence-corrected chi connectivity index (χ4v) is 4.97.